The summed E-state index contributed by atoms with van der Waals surface area (Å²) in [6, 6.07) is 5.71. The van der Waals surface area contributed by atoms with Gasteiger partial charge in [0.25, 0.3) is 0 Å². The van der Waals surface area contributed by atoms with Crippen molar-refractivity contribution < 1.29 is 19.4 Å². The lowest BCUT2D eigenvalue weighted by molar-refractivity contribution is -0.132. The van der Waals surface area contributed by atoms with E-state index < -0.39 is 0 Å². The first kappa shape index (κ1) is 20.7. The first-order valence-electron chi connectivity index (χ1n) is 10.9. The number of carbonyl (C=O) groups excluding carboxylic acids is 2. The highest BCUT2D eigenvalue weighted by molar-refractivity contribution is 6.05. The monoisotopic (exact) mass is 414 g/mol. The van der Waals surface area contributed by atoms with Crippen LogP contribution in [0.15, 0.2) is 23.2 Å². The number of amides is 2. The summed E-state index contributed by atoms with van der Waals surface area (Å²) >= 11 is 0. The predicted molar refractivity (Wildman–Crippen MR) is 112 cm³/mol. The maximum atomic E-state index is 12.6. The van der Waals surface area contributed by atoms with Crippen molar-refractivity contribution in [2.45, 2.75) is 45.1 Å². The second-order valence-corrected chi connectivity index (χ2v) is 8.26. The van der Waals surface area contributed by atoms with Gasteiger partial charge in [-0.15, -0.1) is 0 Å². The third-order valence-corrected chi connectivity index (χ3v) is 6.04. The summed E-state index contributed by atoms with van der Waals surface area (Å²) in [5.41, 5.74) is 1.77. The molecule has 0 bridgehead atoms. The standard InChI is InChI=1S/C22H30N4O4/c27-11-10-25(13-16-5-1-2-6-16)21(29)9-4-12-30-19-8-3-7-18-17(19)14-26-15-20(28)24-22(26)23-18/h3,7-8,16,27H,1-2,4-6,9-15H2,(H,23,24,28). The van der Waals surface area contributed by atoms with Gasteiger partial charge in [0, 0.05) is 25.1 Å². The Bertz CT molecular complexity index is 819. The van der Waals surface area contributed by atoms with E-state index >= 15 is 0 Å². The third-order valence-electron chi connectivity index (χ3n) is 6.04. The summed E-state index contributed by atoms with van der Waals surface area (Å²) in [6.07, 6.45) is 5.88. The van der Waals surface area contributed by atoms with Gasteiger partial charge in [0.05, 0.1) is 25.4 Å². The zero-order valence-corrected chi connectivity index (χ0v) is 17.3. The fourth-order valence-electron chi connectivity index (χ4n) is 4.49. The number of nitrogens with one attached hydrogen (secondary N) is 1. The zero-order chi connectivity index (χ0) is 20.9. The average Bonchev–Trinajstić information content (AvgIpc) is 3.37. The fraction of sp³-hybridized carbons (Fsp3) is 0.591. The molecule has 1 saturated heterocycles. The van der Waals surface area contributed by atoms with Crippen LogP contribution in [0, 0.1) is 5.92 Å². The number of nitrogens with zero attached hydrogens (tertiary/aromatic N) is 3. The minimum atomic E-state index is -0.0485. The van der Waals surface area contributed by atoms with Crippen LogP contribution in [0.5, 0.6) is 5.75 Å². The van der Waals surface area contributed by atoms with Crippen LogP contribution in [0.4, 0.5) is 5.69 Å². The maximum Gasteiger partial charge on any atom is 0.246 e. The van der Waals surface area contributed by atoms with Gasteiger partial charge in [-0.05, 0) is 37.3 Å². The van der Waals surface area contributed by atoms with Crippen molar-refractivity contribution in [2.24, 2.45) is 10.9 Å². The van der Waals surface area contributed by atoms with Crippen LogP contribution in [-0.4, -0.2) is 65.5 Å². The highest BCUT2D eigenvalue weighted by Gasteiger charge is 2.30. The number of hydrogen-bond acceptors (Lipinski definition) is 6. The highest BCUT2D eigenvalue weighted by Crippen LogP contribution is 2.34. The molecular formula is C22H30N4O4. The molecule has 0 aromatic heterocycles. The molecule has 1 aromatic rings. The van der Waals surface area contributed by atoms with E-state index in [4.69, 9.17) is 4.74 Å². The number of carbonyl (C=O) groups is 2. The number of aliphatic hydroxyl groups is 1. The molecule has 0 spiro atoms. The van der Waals surface area contributed by atoms with E-state index in [1.807, 2.05) is 28.0 Å². The molecule has 1 saturated carbocycles. The van der Waals surface area contributed by atoms with Crippen LogP contribution >= 0.6 is 0 Å². The van der Waals surface area contributed by atoms with Crippen LogP contribution in [0.25, 0.3) is 0 Å². The van der Waals surface area contributed by atoms with Gasteiger partial charge < -0.3 is 19.6 Å². The highest BCUT2D eigenvalue weighted by atomic mass is 16.5. The lowest BCUT2D eigenvalue weighted by atomic mass is 10.1. The average molecular weight is 415 g/mol. The van der Waals surface area contributed by atoms with E-state index in [-0.39, 0.29) is 18.4 Å². The van der Waals surface area contributed by atoms with E-state index in [2.05, 4.69) is 10.3 Å². The van der Waals surface area contributed by atoms with E-state index in [1.165, 1.54) is 25.7 Å². The Labute approximate surface area is 176 Å². The molecule has 1 aliphatic carbocycles. The van der Waals surface area contributed by atoms with Gasteiger partial charge >= 0.3 is 0 Å². The third kappa shape index (κ3) is 4.75. The van der Waals surface area contributed by atoms with Gasteiger partial charge in [0.1, 0.15) is 12.3 Å². The Hall–Kier alpha value is -2.61. The van der Waals surface area contributed by atoms with Crippen molar-refractivity contribution in [3.05, 3.63) is 23.8 Å². The lowest BCUT2D eigenvalue weighted by Crippen LogP contribution is -2.37. The van der Waals surface area contributed by atoms with Crippen molar-refractivity contribution in [1.29, 1.82) is 0 Å². The Kier molecular flexibility index (Phi) is 6.52. The van der Waals surface area contributed by atoms with Gasteiger partial charge in [-0.3, -0.25) is 14.9 Å². The first-order chi connectivity index (χ1) is 14.6. The fourth-order valence-corrected chi connectivity index (χ4v) is 4.49. The van der Waals surface area contributed by atoms with Crippen molar-refractivity contribution in [1.82, 2.24) is 15.1 Å². The summed E-state index contributed by atoms with van der Waals surface area (Å²) in [5.74, 6) is 1.96. The van der Waals surface area contributed by atoms with Crippen LogP contribution in [0.3, 0.4) is 0 Å². The van der Waals surface area contributed by atoms with Crippen LogP contribution in [-0.2, 0) is 16.1 Å². The minimum absolute atomic E-state index is 0.00147. The topological polar surface area (TPSA) is 94.5 Å². The van der Waals surface area contributed by atoms with Crippen LogP contribution in [0.2, 0.25) is 0 Å². The molecule has 0 atom stereocenters. The Morgan fingerprint density at radius 3 is 2.93 bits per heavy atom. The molecule has 0 radical (unpaired) electrons. The number of fused-ring (bicyclic) bond motifs is 2. The molecule has 1 aromatic carbocycles. The number of aliphatic hydroxyl groups excluding tert-OH is 1. The van der Waals surface area contributed by atoms with Crippen LogP contribution in [0.1, 0.15) is 44.1 Å². The predicted octanol–water partition coefficient (Wildman–Crippen LogP) is 1.79. The number of guanidine groups is 1. The maximum absolute atomic E-state index is 12.6. The van der Waals surface area contributed by atoms with Crippen molar-refractivity contribution in [3.63, 3.8) is 0 Å². The van der Waals surface area contributed by atoms with Crippen molar-refractivity contribution >= 4 is 23.5 Å². The molecule has 8 nitrogen and oxygen atoms in total. The number of hydrogen-bond donors (Lipinski definition) is 2. The summed E-state index contributed by atoms with van der Waals surface area (Å²) in [5, 5.41) is 12.1. The lowest BCUT2D eigenvalue weighted by Gasteiger charge is -2.25. The zero-order valence-electron chi connectivity index (χ0n) is 17.3. The smallest absolute Gasteiger partial charge is 0.246 e. The normalized spacial score (nSPS) is 18.0. The first-order valence-corrected chi connectivity index (χ1v) is 10.9. The molecule has 30 heavy (non-hydrogen) atoms. The molecule has 3 aliphatic rings. The number of ether oxygens (including phenoxy) is 1. The SMILES string of the molecule is O=C1CN2Cc3c(cccc3OCCCC(=O)N(CCO)CC3CCCC3)N=C2N1. The van der Waals surface area contributed by atoms with Crippen molar-refractivity contribution in [2.75, 3.05) is 32.8 Å². The number of rotatable bonds is 9. The minimum Gasteiger partial charge on any atom is -0.493 e. The summed E-state index contributed by atoms with van der Waals surface area (Å²) in [6.45, 7) is 2.49. The van der Waals surface area contributed by atoms with Gasteiger partial charge in [0.15, 0.2) is 0 Å². The summed E-state index contributed by atoms with van der Waals surface area (Å²) in [4.78, 5) is 32.5. The van der Waals surface area contributed by atoms with Gasteiger partial charge in [-0.1, -0.05) is 18.9 Å². The summed E-state index contributed by atoms with van der Waals surface area (Å²) in [7, 11) is 0. The van der Waals surface area contributed by atoms with E-state index in [0.717, 1.165) is 23.5 Å². The Morgan fingerprint density at radius 1 is 1.30 bits per heavy atom. The molecule has 8 heteroatoms. The Balaban J connectivity index is 1.28. The second-order valence-electron chi connectivity index (χ2n) is 8.26. The molecule has 0 unspecified atom stereocenters. The van der Waals surface area contributed by atoms with Crippen LogP contribution < -0.4 is 10.1 Å². The molecule has 2 N–H and O–H groups in total. The number of aliphatic imine (C=N–C) groups is 1. The van der Waals surface area contributed by atoms with E-state index in [9.17, 15) is 14.7 Å². The van der Waals surface area contributed by atoms with Gasteiger partial charge in [-0.25, -0.2) is 4.99 Å². The Morgan fingerprint density at radius 2 is 2.13 bits per heavy atom. The number of benzene rings is 1. The molecular weight excluding hydrogens is 384 g/mol. The molecule has 162 valence electrons. The van der Waals surface area contributed by atoms with Gasteiger partial charge in [-0.2, -0.15) is 0 Å². The van der Waals surface area contributed by atoms with E-state index in [0.29, 0.717) is 51.0 Å². The molecule has 2 aliphatic heterocycles. The van der Waals surface area contributed by atoms with E-state index in [1.54, 1.807) is 0 Å². The molecule has 2 fully saturated rings. The second kappa shape index (κ2) is 9.47. The molecule has 2 heterocycles. The quantitative estimate of drug-likeness (QED) is 0.601. The largest absolute Gasteiger partial charge is 0.493 e. The van der Waals surface area contributed by atoms with Gasteiger partial charge in [0.2, 0.25) is 17.8 Å². The van der Waals surface area contributed by atoms with Crippen molar-refractivity contribution in [3.8, 4) is 5.75 Å². The molecule has 2 amide bonds. The molecule has 4 rings (SSSR count). The summed E-state index contributed by atoms with van der Waals surface area (Å²) < 4.78 is 5.98.